The first-order valence-corrected chi connectivity index (χ1v) is 19.5. The predicted octanol–water partition coefficient (Wildman–Crippen LogP) is 4.26. The summed E-state index contributed by atoms with van der Waals surface area (Å²) in [7, 11) is 0. The van der Waals surface area contributed by atoms with Gasteiger partial charge >= 0.3 is 11.4 Å². The smallest absolute Gasteiger partial charge is 0.325 e. The number of carbonyl (C=O) groups is 1. The highest BCUT2D eigenvalue weighted by atomic mass is 16.2. The summed E-state index contributed by atoms with van der Waals surface area (Å²) in [4.78, 5) is 72.6. The number of likely N-dealkylation sites (tertiary alicyclic amines) is 1. The minimum absolute atomic E-state index is 0.124. The van der Waals surface area contributed by atoms with Crippen LogP contribution in [-0.2, 0) is 4.79 Å². The molecule has 1 amide bonds. The van der Waals surface area contributed by atoms with Crippen molar-refractivity contribution in [1.82, 2.24) is 49.7 Å². The number of carbonyl (C=O) groups excluding carboxylic acids is 1. The number of nitrogens with one attached hydrogen (secondary N) is 6. The van der Waals surface area contributed by atoms with E-state index < -0.39 is 17.3 Å². The van der Waals surface area contributed by atoms with Gasteiger partial charge in [-0.25, -0.2) is 29.5 Å². The second-order valence-corrected chi connectivity index (χ2v) is 16.2. The van der Waals surface area contributed by atoms with Crippen LogP contribution in [0.25, 0.3) is 22.3 Å². The Hall–Kier alpha value is -4.78. The average molecular weight is 728 g/mol. The molecule has 2 aliphatic carbocycles. The molecular weight excluding hydrogens is 674 g/mol. The summed E-state index contributed by atoms with van der Waals surface area (Å²) in [5, 5.41) is 18.2. The van der Waals surface area contributed by atoms with Gasteiger partial charge in [0, 0.05) is 31.7 Å². The van der Waals surface area contributed by atoms with Crippen molar-refractivity contribution in [3.63, 3.8) is 0 Å². The maximum atomic E-state index is 15.4. The zero-order valence-corrected chi connectivity index (χ0v) is 31.1. The molecule has 0 aromatic carbocycles. The molecule has 16 nitrogen and oxygen atoms in total. The highest BCUT2D eigenvalue weighted by molar-refractivity contribution is 5.89. The molecule has 3 atom stereocenters. The van der Waals surface area contributed by atoms with Crippen LogP contribution in [0.5, 0.6) is 0 Å². The normalized spacial score (nSPS) is 24.0. The number of anilines is 2. The van der Waals surface area contributed by atoms with Gasteiger partial charge in [0.2, 0.25) is 5.91 Å². The van der Waals surface area contributed by atoms with Gasteiger partial charge in [-0.1, -0.05) is 52.9 Å². The average Bonchev–Trinajstić information content (AvgIpc) is 3.87. The lowest BCUT2D eigenvalue weighted by Gasteiger charge is -2.42. The third-order valence-electron chi connectivity index (χ3n) is 11.8. The van der Waals surface area contributed by atoms with Gasteiger partial charge in [0.05, 0.1) is 6.07 Å². The zero-order chi connectivity index (χ0) is 37.1. The second-order valence-electron chi connectivity index (χ2n) is 16.2. The van der Waals surface area contributed by atoms with E-state index in [1.54, 1.807) is 0 Å². The minimum Gasteiger partial charge on any atom is -0.364 e. The summed E-state index contributed by atoms with van der Waals surface area (Å²) in [6.07, 6.45) is 14.8. The SMILES string of the molecule is CC(C)CC(Nc1ncnc2[nH]c(=O)[nH]c12)C(=O)N(CC(CC1CCCCC1)Nc1ncnc2[nH]c(=O)[nH]c12)C1(C#N)CCN(C2CCC(C)CC2)C1. The Balaban J connectivity index is 1.26. The van der Waals surface area contributed by atoms with Crippen LogP contribution in [0.1, 0.15) is 97.8 Å². The fourth-order valence-corrected chi connectivity index (χ4v) is 8.97. The molecule has 1 saturated heterocycles. The van der Waals surface area contributed by atoms with Crippen molar-refractivity contribution in [2.75, 3.05) is 30.3 Å². The molecule has 3 aliphatic rings. The monoisotopic (exact) mass is 727 g/mol. The molecule has 16 heteroatoms. The number of H-pyrrole nitrogens is 4. The fourth-order valence-electron chi connectivity index (χ4n) is 8.97. The number of nitriles is 1. The van der Waals surface area contributed by atoms with Crippen LogP contribution in [0.2, 0.25) is 0 Å². The standard InChI is InChI=1S/C37H53N13O3/c1-22(2)15-27(44-31-29-33(42-21-40-31)48-36(53)46-29)34(51)50(37(18-38)13-14-49(19-37)26-11-9-23(3)10-12-26)17-25(16-24-7-5-4-6-8-24)43-30-28-32(41-20-39-30)47-35(52)45-28/h20-27H,4-17,19H2,1-3H3,(H3,39,41,43,45,47,52)(H3,40,42,44,46,48,53). The summed E-state index contributed by atoms with van der Waals surface area (Å²) in [6.45, 7) is 7.91. The molecule has 6 N–H and O–H groups in total. The van der Waals surface area contributed by atoms with Crippen molar-refractivity contribution in [1.29, 1.82) is 5.26 Å². The zero-order valence-electron chi connectivity index (χ0n) is 31.1. The van der Waals surface area contributed by atoms with Crippen LogP contribution in [0.15, 0.2) is 22.2 Å². The topological polar surface area (TPSA) is 220 Å². The third-order valence-corrected chi connectivity index (χ3v) is 11.8. The van der Waals surface area contributed by atoms with Crippen molar-refractivity contribution < 1.29 is 4.79 Å². The Morgan fingerprint density at radius 3 is 2.15 bits per heavy atom. The van der Waals surface area contributed by atoms with E-state index >= 15 is 4.79 Å². The number of fused-ring (bicyclic) bond motifs is 2. The first kappa shape index (κ1) is 36.6. The van der Waals surface area contributed by atoms with Crippen LogP contribution in [-0.4, -0.2) is 98.9 Å². The van der Waals surface area contributed by atoms with E-state index in [1.807, 2.05) is 4.90 Å². The Kier molecular flexibility index (Phi) is 10.8. The first-order valence-electron chi connectivity index (χ1n) is 19.5. The predicted molar refractivity (Wildman–Crippen MR) is 202 cm³/mol. The van der Waals surface area contributed by atoms with Crippen molar-refractivity contribution in [2.24, 2.45) is 17.8 Å². The molecule has 0 bridgehead atoms. The first-order chi connectivity index (χ1) is 25.6. The maximum absolute atomic E-state index is 15.4. The van der Waals surface area contributed by atoms with Gasteiger partial charge in [0.15, 0.2) is 22.9 Å². The Bertz CT molecular complexity index is 2030. The molecule has 0 radical (unpaired) electrons. The van der Waals surface area contributed by atoms with Crippen molar-refractivity contribution >= 4 is 39.9 Å². The van der Waals surface area contributed by atoms with E-state index in [-0.39, 0.29) is 30.1 Å². The number of aromatic amines is 4. The minimum atomic E-state index is -1.07. The van der Waals surface area contributed by atoms with Gasteiger partial charge < -0.3 is 25.5 Å². The van der Waals surface area contributed by atoms with Gasteiger partial charge in [0.1, 0.15) is 35.3 Å². The largest absolute Gasteiger partial charge is 0.364 e. The Morgan fingerprint density at radius 2 is 1.55 bits per heavy atom. The van der Waals surface area contributed by atoms with Gasteiger partial charge in [-0.15, -0.1) is 0 Å². The molecule has 4 aromatic rings. The molecule has 53 heavy (non-hydrogen) atoms. The number of nitrogens with zero attached hydrogens (tertiary/aromatic N) is 7. The molecule has 4 aromatic heterocycles. The number of hydrogen-bond acceptors (Lipinski definition) is 11. The molecule has 3 fully saturated rings. The maximum Gasteiger partial charge on any atom is 0.325 e. The van der Waals surface area contributed by atoms with Crippen LogP contribution < -0.4 is 22.0 Å². The van der Waals surface area contributed by atoms with Crippen LogP contribution >= 0.6 is 0 Å². The lowest BCUT2D eigenvalue weighted by molar-refractivity contribution is -0.137. The van der Waals surface area contributed by atoms with Crippen molar-refractivity contribution in [3.05, 3.63) is 33.6 Å². The van der Waals surface area contributed by atoms with Gasteiger partial charge in [-0.05, 0) is 62.7 Å². The van der Waals surface area contributed by atoms with E-state index in [2.05, 4.69) is 82.2 Å². The van der Waals surface area contributed by atoms with Gasteiger partial charge in [-0.3, -0.25) is 19.7 Å². The van der Waals surface area contributed by atoms with Crippen molar-refractivity contribution in [2.45, 2.75) is 121 Å². The summed E-state index contributed by atoms with van der Waals surface area (Å²) < 4.78 is 0. The number of hydrogen-bond donors (Lipinski definition) is 6. The molecule has 5 heterocycles. The number of amides is 1. The number of imidazole rings is 2. The van der Waals surface area contributed by atoms with Crippen LogP contribution in [0.3, 0.4) is 0 Å². The Labute approximate surface area is 308 Å². The fraction of sp³-hybridized carbons (Fsp3) is 0.676. The van der Waals surface area contributed by atoms with E-state index in [9.17, 15) is 14.9 Å². The molecular formula is C37H53N13O3. The lowest BCUT2D eigenvalue weighted by Crippen LogP contribution is -2.60. The summed E-state index contributed by atoms with van der Waals surface area (Å²) in [6, 6.07) is 2.06. The summed E-state index contributed by atoms with van der Waals surface area (Å²) in [5.41, 5.74) is -0.245. The molecule has 0 spiro atoms. The lowest BCUT2D eigenvalue weighted by atomic mass is 9.84. The molecule has 1 aliphatic heterocycles. The highest BCUT2D eigenvalue weighted by Gasteiger charge is 2.49. The molecule has 3 unspecified atom stereocenters. The van der Waals surface area contributed by atoms with E-state index in [0.29, 0.717) is 71.2 Å². The number of rotatable bonds is 13. The van der Waals surface area contributed by atoms with Crippen LogP contribution in [0.4, 0.5) is 11.6 Å². The Morgan fingerprint density at radius 1 is 0.925 bits per heavy atom. The number of aromatic nitrogens is 8. The van der Waals surface area contributed by atoms with Crippen molar-refractivity contribution in [3.8, 4) is 6.07 Å². The quantitative estimate of drug-likeness (QED) is 0.114. The van der Waals surface area contributed by atoms with Gasteiger partial charge in [-0.2, -0.15) is 5.26 Å². The van der Waals surface area contributed by atoms with E-state index in [1.165, 1.54) is 31.9 Å². The molecule has 2 saturated carbocycles. The summed E-state index contributed by atoms with van der Waals surface area (Å²) in [5.74, 6) is 1.90. The summed E-state index contributed by atoms with van der Waals surface area (Å²) >= 11 is 0. The molecule has 284 valence electrons. The highest BCUT2D eigenvalue weighted by Crippen LogP contribution is 2.37. The van der Waals surface area contributed by atoms with Gasteiger partial charge in [0.25, 0.3) is 0 Å². The third kappa shape index (κ3) is 8.09. The van der Waals surface area contributed by atoms with Crippen LogP contribution in [0, 0.1) is 29.1 Å². The molecule has 7 rings (SSSR count). The van der Waals surface area contributed by atoms with E-state index in [4.69, 9.17) is 0 Å². The van der Waals surface area contributed by atoms with E-state index in [0.717, 1.165) is 51.5 Å². The second kappa shape index (κ2) is 15.7.